The third-order valence-corrected chi connectivity index (χ3v) is 7.41. The molecule has 5 aromatic rings. The zero-order valence-electron chi connectivity index (χ0n) is 21.8. The summed E-state index contributed by atoms with van der Waals surface area (Å²) in [6, 6.07) is 16.5. The number of rotatable bonds is 5. The highest BCUT2D eigenvalue weighted by Crippen LogP contribution is 2.44. The number of hydrogen-bond donors (Lipinski definition) is 1. The number of aryl methyl sites for hydroxylation is 2. The van der Waals surface area contributed by atoms with Gasteiger partial charge < -0.3 is 19.1 Å². The number of ether oxygens (including phenoxy) is 2. The third-order valence-electron chi connectivity index (χ3n) is 7.41. The first-order chi connectivity index (χ1) is 17.8. The second-order valence-electron chi connectivity index (χ2n) is 10.4. The van der Waals surface area contributed by atoms with E-state index in [9.17, 15) is 5.11 Å². The molecule has 0 radical (unpaired) electrons. The van der Waals surface area contributed by atoms with E-state index < -0.39 is 5.60 Å². The average molecular weight is 498 g/mol. The number of benzene rings is 2. The monoisotopic (exact) mass is 497 g/mol. The summed E-state index contributed by atoms with van der Waals surface area (Å²) in [5.41, 5.74) is 6.64. The molecule has 0 saturated carbocycles. The van der Waals surface area contributed by atoms with Crippen LogP contribution in [0.4, 0.5) is 0 Å². The molecule has 0 amide bonds. The smallest absolute Gasteiger partial charge is 0.124 e. The predicted molar refractivity (Wildman–Crippen MR) is 143 cm³/mol. The molecule has 8 heteroatoms. The van der Waals surface area contributed by atoms with Crippen LogP contribution in [-0.2, 0) is 17.4 Å². The van der Waals surface area contributed by atoms with Crippen LogP contribution in [0.5, 0.6) is 5.75 Å². The molecule has 1 aliphatic rings. The molecular formula is C29H31N5O3. The molecule has 2 aromatic carbocycles. The molecule has 37 heavy (non-hydrogen) atoms. The van der Waals surface area contributed by atoms with E-state index in [1.54, 1.807) is 11.8 Å². The van der Waals surface area contributed by atoms with Crippen molar-refractivity contribution in [1.29, 1.82) is 0 Å². The Balaban J connectivity index is 1.71. The maximum atomic E-state index is 10.9. The van der Waals surface area contributed by atoms with E-state index in [1.165, 1.54) is 0 Å². The van der Waals surface area contributed by atoms with Crippen LogP contribution in [0.1, 0.15) is 36.7 Å². The maximum absolute atomic E-state index is 10.9. The van der Waals surface area contributed by atoms with Gasteiger partial charge in [0.1, 0.15) is 5.75 Å². The average Bonchev–Trinajstić information content (AvgIpc) is 3.38. The van der Waals surface area contributed by atoms with E-state index >= 15 is 0 Å². The Labute approximate surface area is 215 Å². The zero-order chi connectivity index (χ0) is 25.9. The van der Waals surface area contributed by atoms with Gasteiger partial charge in [0, 0.05) is 42.8 Å². The summed E-state index contributed by atoms with van der Waals surface area (Å²) in [6.07, 6.45) is 1.90. The van der Waals surface area contributed by atoms with Crippen LogP contribution >= 0.6 is 0 Å². The predicted octanol–water partition coefficient (Wildman–Crippen LogP) is 4.77. The number of aliphatic hydroxyl groups is 1. The lowest BCUT2D eigenvalue weighted by Gasteiger charge is -2.35. The minimum absolute atomic E-state index is 0.0511. The van der Waals surface area contributed by atoms with Gasteiger partial charge in [0.15, 0.2) is 0 Å². The Morgan fingerprint density at radius 2 is 1.95 bits per heavy atom. The van der Waals surface area contributed by atoms with Crippen LogP contribution in [0, 0.1) is 12.8 Å². The van der Waals surface area contributed by atoms with Crippen LogP contribution in [-0.4, -0.2) is 50.0 Å². The molecule has 0 saturated heterocycles. The molecule has 190 valence electrons. The van der Waals surface area contributed by atoms with Crippen molar-refractivity contribution in [3.63, 3.8) is 0 Å². The first-order valence-electron chi connectivity index (χ1n) is 12.5. The van der Waals surface area contributed by atoms with Crippen molar-refractivity contribution >= 4 is 21.9 Å². The molecular weight excluding hydrogens is 466 g/mol. The first-order valence-corrected chi connectivity index (χ1v) is 12.5. The summed E-state index contributed by atoms with van der Waals surface area (Å²) in [7, 11) is 3.63. The normalized spacial score (nSPS) is 17.8. The highest BCUT2D eigenvalue weighted by molar-refractivity contribution is 6.07. The SMILES string of the molecule is COCC1COc2ccccc2C1n1c2cc(C(C)(C)O)ccc2c2ncc(-c3c(C)nnn3C)cc21. The highest BCUT2D eigenvalue weighted by atomic mass is 16.5. The molecule has 1 N–H and O–H groups in total. The van der Waals surface area contributed by atoms with Gasteiger partial charge in [0.25, 0.3) is 0 Å². The number of aromatic nitrogens is 5. The fourth-order valence-corrected chi connectivity index (χ4v) is 5.67. The minimum Gasteiger partial charge on any atom is -0.493 e. The van der Waals surface area contributed by atoms with Gasteiger partial charge in [0.2, 0.25) is 0 Å². The number of hydrogen-bond acceptors (Lipinski definition) is 6. The Morgan fingerprint density at radius 1 is 1.14 bits per heavy atom. The van der Waals surface area contributed by atoms with Crippen LogP contribution in [0.25, 0.3) is 33.2 Å². The lowest BCUT2D eigenvalue weighted by atomic mass is 9.90. The van der Waals surface area contributed by atoms with Gasteiger partial charge in [-0.15, -0.1) is 5.10 Å². The van der Waals surface area contributed by atoms with E-state index in [0.29, 0.717) is 13.2 Å². The molecule has 1 aliphatic heterocycles. The van der Waals surface area contributed by atoms with Crippen LogP contribution < -0.4 is 4.74 Å². The number of fused-ring (bicyclic) bond motifs is 4. The van der Waals surface area contributed by atoms with Gasteiger partial charge in [0.05, 0.1) is 52.8 Å². The van der Waals surface area contributed by atoms with Gasteiger partial charge in [-0.3, -0.25) is 4.98 Å². The van der Waals surface area contributed by atoms with E-state index in [2.05, 4.69) is 45.2 Å². The number of methoxy groups -OCH3 is 1. The zero-order valence-corrected chi connectivity index (χ0v) is 21.8. The van der Waals surface area contributed by atoms with E-state index in [-0.39, 0.29) is 12.0 Å². The number of pyridine rings is 1. The largest absolute Gasteiger partial charge is 0.493 e. The van der Waals surface area contributed by atoms with E-state index in [1.807, 2.05) is 52.2 Å². The van der Waals surface area contributed by atoms with Crippen molar-refractivity contribution in [2.75, 3.05) is 20.3 Å². The Morgan fingerprint density at radius 3 is 2.68 bits per heavy atom. The van der Waals surface area contributed by atoms with Gasteiger partial charge in [-0.1, -0.05) is 35.5 Å². The number of para-hydroxylation sites is 1. The summed E-state index contributed by atoms with van der Waals surface area (Å²) in [6.45, 7) is 6.67. The van der Waals surface area contributed by atoms with Crippen LogP contribution in [0.15, 0.2) is 54.7 Å². The Hall–Kier alpha value is -3.75. The second-order valence-corrected chi connectivity index (χ2v) is 10.4. The van der Waals surface area contributed by atoms with Gasteiger partial charge >= 0.3 is 0 Å². The molecule has 3 aromatic heterocycles. The topological polar surface area (TPSA) is 87.2 Å². The summed E-state index contributed by atoms with van der Waals surface area (Å²) in [4.78, 5) is 4.97. The molecule has 4 heterocycles. The Kier molecular flexibility index (Phi) is 5.54. The molecule has 0 spiro atoms. The summed E-state index contributed by atoms with van der Waals surface area (Å²) in [5.74, 6) is 0.956. The summed E-state index contributed by atoms with van der Waals surface area (Å²) >= 11 is 0. The van der Waals surface area contributed by atoms with E-state index in [0.717, 1.165) is 55.8 Å². The lowest BCUT2D eigenvalue weighted by molar-refractivity contribution is 0.0784. The second kappa shape index (κ2) is 8.68. The third kappa shape index (κ3) is 3.79. The lowest BCUT2D eigenvalue weighted by Crippen LogP contribution is -2.33. The van der Waals surface area contributed by atoms with Crippen molar-refractivity contribution in [2.45, 2.75) is 32.4 Å². The molecule has 2 unspecified atom stereocenters. The van der Waals surface area contributed by atoms with Crippen molar-refractivity contribution in [1.82, 2.24) is 24.5 Å². The molecule has 6 rings (SSSR count). The van der Waals surface area contributed by atoms with Gasteiger partial charge in [-0.25, -0.2) is 4.68 Å². The molecule has 2 atom stereocenters. The van der Waals surface area contributed by atoms with Crippen molar-refractivity contribution in [3.05, 3.63) is 71.5 Å². The van der Waals surface area contributed by atoms with Crippen molar-refractivity contribution in [3.8, 4) is 17.0 Å². The Bertz CT molecular complexity index is 1610. The standard InChI is InChI=1S/C29H31N5O3/c1-17-27(33(4)32-31-17)18-12-24-26(30-14-18)21-11-10-20(29(2,3)35)13-23(21)34(24)28-19(15-36-5)16-37-25-9-7-6-8-22(25)28/h6-14,19,28,35H,15-16H2,1-5H3. The highest BCUT2D eigenvalue weighted by Gasteiger charge is 2.35. The summed E-state index contributed by atoms with van der Waals surface area (Å²) < 4.78 is 16.0. The van der Waals surface area contributed by atoms with Crippen LogP contribution in [0.3, 0.4) is 0 Å². The van der Waals surface area contributed by atoms with Crippen molar-refractivity contribution in [2.24, 2.45) is 13.0 Å². The first kappa shape index (κ1) is 23.6. The van der Waals surface area contributed by atoms with Gasteiger partial charge in [-0.05, 0) is 44.5 Å². The van der Waals surface area contributed by atoms with Crippen LogP contribution in [0.2, 0.25) is 0 Å². The fourth-order valence-electron chi connectivity index (χ4n) is 5.67. The molecule has 0 fully saturated rings. The molecule has 0 aliphatic carbocycles. The number of nitrogens with zero attached hydrogens (tertiary/aromatic N) is 5. The van der Waals surface area contributed by atoms with E-state index in [4.69, 9.17) is 14.5 Å². The minimum atomic E-state index is -0.981. The van der Waals surface area contributed by atoms with Gasteiger partial charge in [-0.2, -0.15) is 0 Å². The molecule has 8 nitrogen and oxygen atoms in total. The maximum Gasteiger partial charge on any atom is 0.124 e. The molecule has 0 bridgehead atoms. The quantitative estimate of drug-likeness (QED) is 0.377. The summed E-state index contributed by atoms with van der Waals surface area (Å²) in [5, 5.41) is 20.4. The van der Waals surface area contributed by atoms with Crippen molar-refractivity contribution < 1.29 is 14.6 Å². The fraction of sp³-hybridized carbons (Fsp3) is 0.345.